The third kappa shape index (κ3) is 5.41. The number of carbonyl (C=O) groups is 1. The number of hydrogen-bond acceptors (Lipinski definition) is 4. The van der Waals surface area contributed by atoms with Gasteiger partial charge >= 0.3 is 0 Å². The van der Waals surface area contributed by atoms with Crippen molar-refractivity contribution >= 4 is 40.7 Å². The van der Waals surface area contributed by atoms with Crippen molar-refractivity contribution in [1.82, 2.24) is 24.9 Å². The van der Waals surface area contributed by atoms with Crippen molar-refractivity contribution in [2.45, 2.75) is 26.6 Å². The van der Waals surface area contributed by atoms with Crippen LogP contribution in [0.1, 0.15) is 22.6 Å². The average molecular weight is 461 g/mol. The lowest BCUT2D eigenvalue weighted by Crippen LogP contribution is -2.26. The molecule has 3 rings (SSSR count). The molecule has 0 aliphatic heterocycles. The molecule has 2 heterocycles. The Morgan fingerprint density at radius 2 is 2.03 bits per heavy atom. The molecule has 1 amide bonds. The molecule has 0 saturated carbocycles. The number of ether oxygens (including phenoxy) is 1. The Morgan fingerprint density at radius 3 is 2.72 bits per heavy atom. The molecule has 0 saturated heterocycles. The fraction of sp³-hybridized carbons (Fsp3) is 0.278. The van der Waals surface area contributed by atoms with Crippen molar-refractivity contribution in [3.63, 3.8) is 0 Å². The second-order valence-electron chi connectivity index (χ2n) is 6.11. The molecule has 1 aromatic carbocycles. The fourth-order valence-electron chi connectivity index (χ4n) is 2.46. The number of aryl methyl sites for hydroxylation is 2. The van der Waals surface area contributed by atoms with Gasteiger partial charge in [-0.15, -0.1) is 0 Å². The molecule has 3 aromatic rings. The molecule has 0 fully saturated rings. The van der Waals surface area contributed by atoms with Crippen LogP contribution >= 0.6 is 34.8 Å². The second kappa shape index (κ2) is 9.47. The quantitative estimate of drug-likeness (QED) is 0.507. The zero-order chi connectivity index (χ0) is 21.0. The van der Waals surface area contributed by atoms with Crippen molar-refractivity contribution in [2.24, 2.45) is 0 Å². The van der Waals surface area contributed by atoms with Gasteiger partial charge in [0.15, 0.2) is 6.73 Å². The number of rotatable bonds is 8. The molecule has 11 heteroatoms. The Labute approximate surface area is 181 Å². The predicted octanol–water partition coefficient (Wildman–Crippen LogP) is 4.34. The Bertz CT molecular complexity index is 1020. The maximum atomic E-state index is 13.1. The maximum Gasteiger partial charge on any atom is 0.271 e. The number of nitrogens with one attached hydrogen (secondary N) is 1. The van der Waals surface area contributed by atoms with Gasteiger partial charge in [0.05, 0.1) is 10.7 Å². The molecule has 0 aliphatic rings. The van der Waals surface area contributed by atoms with E-state index in [-0.39, 0.29) is 23.4 Å². The second-order valence-corrected chi connectivity index (χ2v) is 7.26. The van der Waals surface area contributed by atoms with Gasteiger partial charge in [-0.1, -0.05) is 34.8 Å². The van der Waals surface area contributed by atoms with Gasteiger partial charge in [0, 0.05) is 25.4 Å². The summed E-state index contributed by atoms with van der Waals surface area (Å²) in [6.07, 6.45) is 2.23. The summed E-state index contributed by atoms with van der Waals surface area (Å²) in [5, 5.41) is 11.9. The van der Waals surface area contributed by atoms with Gasteiger partial charge < -0.3 is 10.1 Å². The summed E-state index contributed by atoms with van der Waals surface area (Å²) < 4.78 is 21.7. The van der Waals surface area contributed by atoms with Crippen LogP contribution in [0.2, 0.25) is 15.2 Å². The number of amides is 1. The van der Waals surface area contributed by atoms with E-state index in [0.29, 0.717) is 41.1 Å². The molecule has 1 N–H and O–H groups in total. The molecule has 0 bridgehead atoms. The van der Waals surface area contributed by atoms with Crippen molar-refractivity contribution in [3.8, 4) is 5.75 Å². The van der Waals surface area contributed by atoms with Gasteiger partial charge in [-0.05, 0) is 31.5 Å². The third-order valence-electron chi connectivity index (χ3n) is 3.96. The molecular weight excluding hydrogens is 444 g/mol. The molecule has 0 aliphatic carbocycles. The number of aromatic nitrogens is 4. The van der Waals surface area contributed by atoms with Crippen LogP contribution in [-0.2, 0) is 13.3 Å². The molecule has 7 nitrogen and oxygen atoms in total. The molecule has 2 aromatic heterocycles. The first-order chi connectivity index (χ1) is 13.8. The highest BCUT2D eigenvalue weighted by molar-refractivity contribution is 6.41. The van der Waals surface area contributed by atoms with Crippen molar-refractivity contribution in [3.05, 3.63) is 62.9 Å². The van der Waals surface area contributed by atoms with Gasteiger partial charge in [-0.2, -0.15) is 10.2 Å². The molecule has 29 heavy (non-hydrogen) atoms. The first kappa shape index (κ1) is 21.4. The predicted molar refractivity (Wildman–Crippen MR) is 108 cm³/mol. The maximum absolute atomic E-state index is 13.1. The highest BCUT2D eigenvalue weighted by Gasteiger charge is 2.12. The van der Waals surface area contributed by atoms with Gasteiger partial charge in [-0.3, -0.25) is 9.48 Å². The standard InChI is InChI=1S/C18H17Cl3FN5O2/c1-11-16(20)17(21)27(24-11)7-2-6-23-18(28)15-5-8-26(25-15)10-29-12-3-4-14(22)13(19)9-12/h3-5,8-9H,2,6-7,10H2,1H3,(H,23,28). The average Bonchev–Trinajstić information content (AvgIpc) is 3.27. The highest BCUT2D eigenvalue weighted by atomic mass is 35.5. The number of carbonyl (C=O) groups excluding carboxylic acids is 1. The zero-order valence-corrected chi connectivity index (χ0v) is 17.6. The summed E-state index contributed by atoms with van der Waals surface area (Å²) >= 11 is 17.8. The minimum Gasteiger partial charge on any atom is -0.471 e. The summed E-state index contributed by atoms with van der Waals surface area (Å²) in [5.74, 6) is -0.440. The molecule has 0 spiro atoms. The number of nitrogens with zero attached hydrogens (tertiary/aromatic N) is 4. The van der Waals surface area contributed by atoms with E-state index < -0.39 is 5.82 Å². The van der Waals surface area contributed by atoms with E-state index in [1.54, 1.807) is 23.9 Å². The van der Waals surface area contributed by atoms with Crippen LogP contribution in [0.3, 0.4) is 0 Å². The van der Waals surface area contributed by atoms with Crippen molar-refractivity contribution < 1.29 is 13.9 Å². The number of benzene rings is 1. The van der Waals surface area contributed by atoms with Crippen LogP contribution < -0.4 is 10.1 Å². The Balaban J connectivity index is 1.45. The molecular formula is C18H17Cl3FN5O2. The monoisotopic (exact) mass is 459 g/mol. The molecule has 0 radical (unpaired) electrons. The minimum atomic E-state index is -0.523. The van der Waals surface area contributed by atoms with E-state index in [0.717, 1.165) is 0 Å². The summed E-state index contributed by atoms with van der Waals surface area (Å²) in [6, 6.07) is 5.61. The van der Waals surface area contributed by atoms with E-state index in [1.165, 1.54) is 22.9 Å². The third-order valence-corrected chi connectivity index (χ3v) is 5.18. The van der Waals surface area contributed by atoms with Crippen molar-refractivity contribution in [1.29, 1.82) is 0 Å². The van der Waals surface area contributed by atoms with Crippen molar-refractivity contribution in [2.75, 3.05) is 6.54 Å². The van der Waals surface area contributed by atoms with Gasteiger partial charge in [0.1, 0.15) is 27.4 Å². The fourth-order valence-corrected chi connectivity index (χ4v) is 3.03. The van der Waals surface area contributed by atoms with Gasteiger partial charge in [0.2, 0.25) is 0 Å². The minimum absolute atomic E-state index is 0.0307. The van der Waals surface area contributed by atoms with Crippen LogP contribution in [0.25, 0.3) is 0 Å². The topological polar surface area (TPSA) is 74.0 Å². The zero-order valence-electron chi connectivity index (χ0n) is 15.3. The molecule has 0 unspecified atom stereocenters. The Kier molecular flexibility index (Phi) is 7.00. The Morgan fingerprint density at radius 1 is 1.24 bits per heavy atom. The lowest BCUT2D eigenvalue weighted by Gasteiger charge is -2.07. The summed E-state index contributed by atoms with van der Waals surface area (Å²) in [7, 11) is 0. The summed E-state index contributed by atoms with van der Waals surface area (Å²) in [4.78, 5) is 12.2. The van der Waals surface area contributed by atoms with E-state index >= 15 is 0 Å². The molecule has 154 valence electrons. The van der Waals surface area contributed by atoms with E-state index in [2.05, 4.69) is 15.5 Å². The summed E-state index contributed by atoms with van der Waals surface area (Å²) in [5.41, 5.74) is 0.915. The van der Waals surface area contributed by atoms with E-state index in [1.807, 2.05) is 0 Å². The van der Waals surface area contributed by atoms with E-state index in [9.17, 15) is 9.18 Å². The Hall–Kier alpha value is -2.29. The van der Waals surface area contributed by atoms with E-state index in [4.69, 9.17) is 39.5 Å². The lowest BCUT2D eigenvalue weighted by atomic mass is 10.3. The van der Waals surface area contributed by atoms with Crippen LogP contribution in [0.15, 0.2) is 30.5 Å². The SMILES string of the molecule is Cc1nn(CCCNC(=O)c2ccn(COc3ccc(F)c(Cl)c3)n2)c(Cl)c1Cl. The van der Waals surface area contributed by atoms with Crippen LogP contribution in [-0.4, -0.2) is 32.0 Å². The van der Waals surface area contributed by atoms with Crippen LogP contribution in [0.5, 0.6) is 5.75 Å². The van der Waals surface area contributed by atoms with Gasteiger partial charge in [0.25, 0.3) is 5.91 Å². The normalized spacial score (nSPS) is 10.9. The number of hydrogen-bond donors (Lipinski definition) is 1. The first-order valence-electron chi connectivity index (χ1n) is 8.63. The highest BCUT2D eigenvalue weighted by Crippen LogP contribution is 2.25. The lowest BCUT2D eigenvalue weighted by molar-refractivity contribution is 0.0945. The summed E-state index contributed by atoms with van der Waals surface area (Å²) in [6.45, 7) is 2.77. The number of halogens is 4. The largest absolute Gasteiger partial charge is 0.471 e. The van der Waals surface area contributed by atoms with Crippen LogP contribution in [0, 0.1) is 12.7 Å². The van der Waals surface area contributed by atoms with Crippen LogP contribution in [0.4, 0.5) is 4.39 Å². The van der Waals surface area contributed by atoms with Gasteiger partial charge in [-0.25, -0.2) is 9.07 Å². The smallest absolute Gasteiger partial charge is 0.271 e. The molecule has 0 atom stereocenters. The first-order valence-corrected chi connectivity index (χ1v) is 9.76.